The van der Waals surface area contributed by atoms with Crippen molar-refractivity contribution < 1.29 is 23.8 Å². The summed E-state index contributed by atoms with van der Waals surface area (Å²) in [7, 11) is 0. The van der Waals surface area contributed by atoms with Crippen molar-refractivity contribution in [2.45, 2.75) is 26.2 Å². The average molecular weight is 429 g/mol. The quantitative estimate of drug-likeness (QED) is 0.335. The van der Waals surface area contributed by atoms with Crippen LogP contribution >= 0.6 is 0 Å². The molecule has 162 valence electrons. The first-order valence-electron chi connectivity index (χ1n) is 10.2. The van der Waals surface area contributed by atoms with E-state index in [4.69, 9.17) is 14.2 Å². The van der Waals surface area contributed by atoms with Gasteiger partial charge < -0.3 is 19.5 Å². The molecule has 6 heteroatoms. The minimum absolute atomic E-state index is 0.189. The molecule has 32 heavy (non-hydrogen) atoms. The van der Waals surface area contributed by atoms with Gasteiger partial charge in [0.15, 0.2) is 5.57 Å². The van der Waals surface area contributed by atoms with E-state index in [-0.39, 0.29) is 5.57 Å². The Morgan fingerprint density at radius 3 is 2.22 bits per heavy atom. The first kappa shape index (κ1) is 21.2. The molecule has 0 amide bonds. The van der Waals surface area contributed by atoms with E-state index >= 15 is 0 Å². The van der Waals surface area contributed by atoms with Crippen molar-refractivity contribution in [3.63, 3.8) is 0 Å². The third kappa shape index (κ3) is 5.16. The number of anilines is 1. The third-order valence-corrected chi connectivity index (χ3v) is 4.78. The Morgan fingerprint density at radius 2 is 1.50 bits per heavy atom. The van der Waals surface area contributed by atoms with Gasteiger partial charge in [-0.15, -0.1) is 0 Å². The number of hydrogen-bond donors (Lipinski definition) is 1. The largest absolute Gasteiger partial charge is 0.489 e. The number of nitrogens with one attached hydrogen (secondary N) is 1. The van der Waals surface area contributed by atoms with Gasteiger partial charge in [-0.1, -0.05) is 54.6 Å². The second-order valence-corrected chi connectivity index (χ2v) is 7.76. The monoisotopic (exact) mass is 429 g/mol. The minimum Gasteiger partial charge on any atom is -0.489 e. The molecule has 1 N–H and O–H groups in total. The molecule has 3 aromatic rings. The number of rotatable bonds is 6. The van der Waals surface area contributed by atoms with Gasteiger partial charge in [0, 0.05) is 25.7 Å². The summed E-state index contributed by atoms with van der Waals surface area (Å²) in [4.78, 5) is 24.2. The maximum Gasteiger partial charge on any atom is 0.350 e. The lowest BCUT2D eigenvalue weighted by Gasteiger charge is -2.29. The summed E-state index contributed by atoms with van der Waals surface area (Å²) in [5, 5.41) is 2.98. The Bertz CT molecular complexity index is 1150. The van der Waals surface area contributed by atoms with Gasteiger partial charge in [-0.05, 0) is 41.0 Å². The number of cyclic esters (lactones) is 2. The van der Waals surface area contributed by atoms with E-state index < -0.39 is 17.7 Å². The van der Waals surface area contributed by atoms with E-state index in [1.807, 2.05) is 78.9 Å². The van der Waals surface area contributed by atoms with Crippen LogP contribution in [0.25, 0.3) is 11.1 Å². The highest BCUT2D eigenvalue weighted by molar-refractivity contribution is 6.15. The molecular weight excluding hydrogens is 406 g/mol. The van der Waals surface area contributed by atoms with Crippen LogP contribution in [0.5, 0.6) is 5.75 Å². The normalized spacial score (nSPS) is 14.9. The number of carbonyl (C=O) groups excluding carboxylic acids is 2. The van der Waals surface area contributed by atoms with Gasteiger partial charge in [-0.3, -0.25) is 0 Å². The molecule has 0 aromatic heterocycles. The zero-order valence-corrected chi connectivity index (χ0v) is 17.8. The summed E-state index contributed by atoms with van der Waals surface area (Å²) in [6.07, 6.45) is 1.30. The maximum atomic E-state index is 12.1. The first-order valence-corrected chi connectivity index (χ1v) is 10.2. The molecule has 1 fully saturated rings. The molecule has 0 saturated carbocycles. The molecule has 0 atom stereocenters. The molecular formula is C26H23NO5. The van der Waals surface area contributed by atoms with Crippen molar-refractivity contribution in [2.24, 2.45) is 0 Å². The van der Waals surface area contributed by atoms with Crippen LogP contribution in [-0.2, 0) is 25.7 Å². The molecule has 6 nitrogen and oxygen atoms in total. The Kier molecular flexibility index (Phi) is 5.94. The van der Waals surface area contributed by atoms with Crippen LogP contribution < -0.4 is 10.1 Å². The van der Waals surface area contributed by atoms with Crippen LogP contribution in [0.3, 0.4) is 0 Å². The van der Waals surface area contributed by atoms with E-state index in [0.29, 0.717) is 12.3 Å². The summed E-state index contributed by atoms with van der Waals surface area (Å²) in [6, 6.07) is 25.4. The summed E-state index contributed by atoms with van der Waals surface area (Å²) in [5.41, 5.74) is 3.54. The van der Waals surface area contributed by atoms with E-state index in [2.05, 4.69) is 5.32 Å². The van der Waals surface area contributed by atoms with Crippen LogP contribution in [0, 0.1) is 0 Å². The predicted octanol–water partition coefficient (Wildman–Crippen LogP) is 5.06. The fourth-order valence-corrected chi connectivity index (χ4v) is 3.23. The second kappa shape index (κ2) is 8.98. The van der Waals surface area contributed by atoms with E-state index in [1.54, 1.807) is 0 Å². The smallest absolute Gasteiger partial charge is 0.350 e. The molecule has 4 rings (SSSR count). The van der Waals surface area contributed by atoms with Crippen molar-refractivity contribution >= 4 is 17.6 Å². The topological polar surface area (TPSA) is 73.9 Å². The van der Waals surface area contributed by atoms with Gasteiger partial charge in [-0.2, -0.15) is 0 Å². The second-order valence-electron chi connectivity index (χ2n) is 7.76. The van der Waals surface area contributed by atoms with Crippen LogP contribution in [0.15, 0.2) is 90.6 Å². The maximum absolute atomic E-state index is 12.1. The van der Waals surface area contributed by atoms with Crippen molar-refractivity contribution in [1.82, 2.24) is 0 Å². The highest BCUT2D eigenvalue weighted by Crippen LogP contribution is 2.27. The molecule has 0 spiro atoms. The Hall–Kier alpha value is -4.06. The van der Waals surface area contributed by atoms with Crippen molar-refractivity contribution in [3.05, 3.63) is 96.2 Å². The highest BCUT2D eigenvalue weighted by atomic mass is 16.7. The molecule has 0 unspecified atom stereocenters. The van der Waals surface area contributed by atoms with Crippen molar-refractivity contribution in [2.75, 3.05) is 5.32 Å². The molecule has 1 aliphatic rings. The summed E-state index contributed by atoms with van der Waals surface area (Å²) >= 11 is 0. The lowest BCUT2D eigenvalue weighted by molar-refractivity contribution is -0.222. The number of benzene rings is 3. The summed E-state index contributed by atoms with van der Waals surface area (Å²) in [6.45, 7) is 3.50. The fraction of sp³-hybridized carbons (Fsp3) is 0.154. The number of carbonyl (C=O) groups is 2. The van der Waals surface area contributed by atoms with Gasteiger partial charge in [0.05, 0.1) is 0 Å². The van der Waals surface area contributed by atoms with Crippen molar-refractivity contribution in [3.8, 4) is 16.9 Å². The fourth-order valence-electron chi connectivity index (χ4n) is 3.23. The van der Waals surface area contributed by atoms with Crippen LogP contribution in [0.1, 0.15) is 19.4 Å². The third-order valence-electron chi connectivity index (χ3n) is 4.78. The van der Waals surface area contributed by atoms with E-state index in [9.17, 15) is 9.59 Å². The van der Waals surface area contributed by atoms with Crippen LogP contribution in [-0.4, -0.2) is 17.7 Å². The van der Waals surface area contributed by atoms with E-state index in [0.717, 1.165) is 22.4 Å². The van der Waals surface area contributed by atoms with Gasteiger partial charge in [0.1, 0.15) is 12.4 Å². The molecule has 3 aromatic carbocycles. The standard InChI is InChI=1S/C26H23NO5/c1-26(2)31-24(28)23(25(29)32-26)16-27-21-12-6-10-19(14-21)20-11-7-13-22(15-20)30-17-18-8-4-3-5-9-18/h3-16,27H,17H2,1-2H3. The minimum atomic E-state index is -1.26. The number of hydrogen-bond acceptors (Lipinski definition) is 6. The van der Waals surface area contributed by atoms with Gasteiger partial charge in [-0.25, -0.2) is 9.59 Å². The lowest BCUT2D eigenvalue weighted by Crippen LogP contribution is -2.42. The Labute approximate surface area is 186 Å². The van der Waals surface area contributed by atoms with Crippen LogP contribution in [0.4, 0.5) is 5.69 Å². The predicted molar refractivity (Wildman–Crippen MR) is 121 cm³/mol. The Balaban J connectivity index is 1.47. The lowest BCUT2D eigenvalue weighted by atomic mass is 10.0. The highest BCUT2D eigenvalue weighted by Gasteiger charge is 2.38. The molecule has 0 aliphatic carbocycles. The zero-order valence-electron chi connectivity index (χ0n) is 17.8. The molecule has 1 aliphatic heterocycles. The van der Waals surface area contributed by atoms with E-state index in [1.165, 1.54) is 20.0 Å². The summed E-state index contributed by atoms with van der Waals surface area (Å²) in [5.74, 6) is -1.95. The number of ether oxygens (including phenoxy) is 3. The van der Waals surface area contributed by atoms with Gasteiger partial charge in [0.25, 0.3) is 5.79 Å². The molecule has 0 bridgehead atoms. The molecule has 1 saturated heterocycles. The average Bonchev–Trinajstić information content (AvgIpc) is 2.77. The first-order chi connectivity index (χ1) is 15.4. The van der Waals surface area contributed by atoms with Gasteiger partial charge in [0.2, 0.25) is 0 Å². The Morgan fingerprint density at radius 1 is 0.844 bits per heavy atom. The van der Waals surface area contributed by atoms with Crippen molar-refractivity contribution in [1.29, 1.82) is 0 Å². The van der Waals surface area contributed by atoms with Crippen LogP contribution in [0.2, 0.25) is 0 Å². The SMILES string of the molecule is CC1(C)OC(=O)C(=CNc2cccc(-c3cccc(OCc4ccccc4)c3)c2)C(=O)O1. The zero-order chi connectivity index (χ0) is 22.6. The molecule has 0 radical (unpaired) electrons. The number of esters is 2. The molecule has 1 heterocycles. The van der Waals surface area contributed by atoms with Gasteiger partial charge >= 0.3 is 11.9 Å². The summed E-state index contributed by atoms with van der Waals surface area (Å²) < 4.78 is 16.1.